The third-order valence-electron chi connectivity index (χ3n) is 6.97. The summed E-state index contributed by atoms with van der Waals surface area (Å²) in [5.74, 6) is -1.34. The molecule has 1 fully saturated rings. The summed E-state index contributed by atoms with van der Waals surface area (Å²) in [6.07, 6.45) is 3.21. The van der Waals surface area contributed by atoms with Crippen molar-refractivity contribution in [2.24, 2.45) is 0 Å². The molecule has 0 bridgehead atoms. The predicted octanol–water partition coefficient (Wildman–Crippen LogP) is 4.60. The van der Waals surface area contributed by atoms with Crippen LogP contribution in [0.3, 0.4) is 0 Å². The highest BCUT2D eigenvalue weighted by molar-refractivity contribution is 5.91. The molecule has 0 spiro atoms. The molecule has 1 saturated carbocycles. The quantitative estimate of drug-likeness (QED) is 0.503. The molecule has 0 saturated heterocycles. The van der Waals surface area contributed by atoms with Gasteiger partial charge in [-0.05, 0) is 41.5 Å². The summed E-state index contributed by atoms with van der Waals surface area (Å²) in [7, 11) is 0. The number of carboxylic acid groups (broad SMARTS) is 1. The van der Waals surface area contributed by atoms with Crippen LogP contribution in [0.1, 0.15) is 68.9 Å². The van der Waals surface area contributed by atoms with Crippen molar-refractivity contribution in [1.29, 1.82) is 0 Å². The number of carbonyl (C=O) groups is 3. The maximum absolute atomic E-state index is 13.2. The molecule has 34 heavy (non-hydrogen) atoms. The Labute approximate surface area is 199 Å². The topological polar surface area (TPSA) is 105 Å². The van der Waals surface area contributed by atoms with Gasteiger partial charge in [-0.1, -0.05) is 74.7 Å². The number of hydrogen-bond donors (Lipinski definition) is 3. The van der Waals surface area contributed by atoms with Crippen LogP contribution in [-0.4, -0.2) is 41.3 Å². The van der Waals surface area contributed by atoms with Crippen molar-refractivity contribution in [3.8, 4) is 11.1 Å². The van der Waals surface area contributed by atoms with Gasteiger partial charge < -0.3 is 20.5 Å². The van der Waals surface area contributed by atoms with Crippen molar-refractivity contribution in [2.45, 2.75) is 69.4 Å². The number of alkyl carbamates (subject to hydrolysis) is 1. The van der Waals surface area contributed by atoms with Crippen LogP contribution in [0.15, 0.2) is 48.5 Å². The van der Waals surface area contributed by atoms with Gasteiger partial charge in [-0.25, -0.2) is 4.79 Å². The summed E-state index contributed by atoms with van der Waals surface area (Å²) in [6, 6.07) is 15.8. The summed E-state index contributed by atoms with van der Waals surface area (Å²) in [5, 5.41) is 14.9. The van der Waals surface area contributed by atoms with Gasteiger partial charge >= 0.3 is 12.1 Å². The molecule has 1 unspecified atom stereocenters. The molecule has 2 amide bonds. The van der Waals surface area contributed by atoms with Crippen LogP contribution >= 0.6 is 0 Å². The molecule has 2 aromatic carbocycles. The van der Waals surface area contributed by atoms with E-state index in [1.807, 2.05) is 31.2 Å². The monoisotopic (exact) mass is 464 g/mol. The average molecular weight is 465 g/mol. The minimum absolute atomic E-state index is 0.0593. The fraction of sp³-hybridized carbons (Fsp3) is 0.444. The van der Waals surface area contributed by atoms with Gasteiger partial charge in [0.25, 0.3) is 0 Å². The van der Waals surface area contributed by atoms with Crippen LogP contribution in [0.25, 0.3) is 11.1 Å². The van der Waals surface area contributed by atoms with Gasteiger partial charge in [0, 0.05) is 12.0 Å². The summed E-state index contributed by atoms with van der Waals surface area (Å²) in [4.78, 5) is 37.2. The molecule has 7 nitrogen and oxygen atoms in total. The van der Waals surface area contributed by atoms with Crippen LogP contribution in [0.2, 0.25) is 0 Å². The van der Waals surface area contributed by atoms with E-state index in [-0.39, 0.29) is 24.9 Å². The predicted molar refractivity (Wildman–Crippen MR) is 128 cm³/mol. The Balaban J connectivity index is 1.43. The van der Waals surface area contributed by atoms with E-state index in [2.05, 4.69) is 34.9 Å². The lowest BCUT2D eigenvalue weighted by molar-refractivity contribution is -0.138. The first-order valence-corrected chi connectivity index (χ1v) is 12.1. The molecular weight excluding hydrogens is 432 g/mol. The highest BCUT2D eigenvalue weighted by Gasteiger charge is 2.44. The van der Waals surface area contributed by atoms with Crippen LogP contribution in [0.5, 0.6) is 0 Å². The molecule has 7 heteroatoms. The SMILES string of the molecule is CCCC(CC(=O)O)NC(=O)C1(NC(=O)OCC2c3ccccc3-c3ccccc32)CCCC1. The second-order valence-corrected chi connectivity index (χ2v) is 9.30. The number of nitrogens with one attached hydrogen (secondary N) is 2. The minimum atomic E-state index is -1.06. The van der Waals surface area contributed by atoms with Crippen LogP contribution in [-0.2, 0) is 14.3 Å². The van der Waals surface area contributed by atoms with E-state index in [0.29, 0.717) is 19.3 Å². The lowest BCUT2D eigenvalue weighted by Gasteiger charge is -2.31. The van der Waals surface area contributed by atoms with Crippen molar-refractivity contribution < 1.29 is 24.2 Å². The molecule has 0 aromatic heterocycles. The molecule has 4 rings (SSSR count). The number of rotatable bonds is 9. The molecule has 180 valence electrons. The number of carbonyl (C=O) groups excluding carboxylic acids is 2. The summed E-state index contributed by atoms with van der Waals surface area (Å²) < 4.78 is 5.67. The zero-order valence-electron chi connectivity index (χ0n) is 19.5. The largest absolute Gasteiger partial charge is 0.481 e. The normalized spacial score (nSPS) is 16.9. The highest BCUT2D eigenvalue weighted by atomic mass is 16.5. The number of fused-ring (bicyclic) bond motifs is 3. The van der Waals surface area contributed by atoms with Crippen molar-refractivity contribution in [2.75, 3.05) is 6.61 Å². The second-order valence-electron chi connectivity index (χ2n) is 9.30. The zero-order valence-corrected chi connectivity index (χ0v) is 19.5. The molecule has 0 heterocycles. The molecular formula is C27H32N2O5. The van der Waals surface area contributed by atoms with E-state index in [1.54, 1.807) is 0 Å². The van der Waals surface area contributed by atoms with E-state index in [1.165, 1.54) is 0 Å². The van der Waals surface area contributed by atoms with E-state index in [9.17, 15) is 19.5 Å². The number of hydrogen-bond acceptors (Lipinski definition) is 4. The van der Waals surface area contributed by atoms with Crippen molar-refractivity contribution in [1.82, 2.24) is 10.6 Å². The number of aliphatic carboxylic acids is 1. The van der Waals surface area contributed by atoms with Gasteiger partial charge in [0.1, 0.15) is 12.1 Å². The number of carboxylic acids is 1. The molecule has 0 aliphatic heterocycles. The first-order valence-electron chi connectivity index (χ1n) is 12.1. The Hall–Kier alpha value is -3.35. The molecule has 2 aliphatic rings. The third-order valence-corrected chi connectivity index (χ3v) is 6.97. The Bertz CT molecular complexity index is 1010. The van der Waals surface area contributed by atoms with Gasteiger partial charge in [-0.2, -0.15) is 0 Å². The van der Waals surface area contributed by atoms with Crippen LogP contribution in [0, 0.1) is 0 Å². The van der Waals surface area contributed by atoms with Crippen LogP contribution in [0.4, 0.5) is 4.79 Å². The summed E-state index contributed by atoms with van der Waals surface area (Å²) in [6.45, 7) is 2.12. The Kier molecular flexibility index (Phi) is 7.20. The zero-order chi connectivity index (χ0) is 24.1. The Morgan fingerprint density at radius 1 is 1.03 bits per heavy atom. The van der Waals surface area contributed by atoms with Gasteiger partial charge in [0.2, 0.25) is 5.91 Å². The van der Waals surface area contributed by atoms with Gasteiger partial charge in [0.05, 0.1) is 6.42 Å². The van der Waals surface area contributed by atoms with Crippen LogP contribution < -0.4 is 10.6 Å². The maximum atomic E-state index is 13.2. The van der Waals surface area contributed by atoms with E-state index in [0.717, 1.165) is 41.5 Å². The first-order chi connectivity index (χ1) is 16.4. The lowest BCUT2D eigenvalue weighted by atomic mass is 9.95. The molecule has 1 atom stereocenters. The van der Waals surface area contributed by atoms with Crippen molar-refractivity contribution in [3.63, 3.8) is 0 Å². The van der Waals surface area contributed by atoms with E-state index < -0.39 is 23.6 Å². The minimum Gasteiger partial charge on any atom is -0.481 e. The maximum Gasteiger partial charge on any atom is 0.408 e. The molecule has 2 aliphatic carbocycles. The fourth-order valence-corrected chi connectivity index (χ4v) is 5.33. The third kappa shape index (κ3) is 4.93. The van der Waals surface area contributed by atoms with Gasteiger partial charge in [0.15, 0.2) is 0 Å². The average Bonchev–Trinajstić information content (AvgIpc) is 3.41. The summed E-state index contributed by atoms with van der Waals surface area (Å²) >= 11 is 0. The van der Waals surface area contributed by atoms with E-state index >= 15 is 0 Å². The Morgan fingerprint density at radius 3 is 2.18 bits per heavy atom. The number of ether oxygens (including phenoxy) is 1. The molecule has 3 N–H and O–H groups in total. The van der Waals surface area contributed by atoms with Gasteiger partial charge in [-0.3, -0.25) is 9.59 Å². The van der Waals surface area contributed by atoms with Crippen molar-refractivity contribution in [3.05, 3.63) is 59.7 Å². The fourth-order valence-electron chi connectivity index (χ4n) is 5.33. The molecule has 0 radical (unpaired) electrons. The van der Waals surface area contributed by atoms with E-state index in [4.69, 9.17) is 4.74 Å². The lowest BCUT2D eigenvalue weighted by Crippen LogP contribution is -2.59. The molecule has 2 aromatic rings. The highest BCUT2D eigenvalue weighted by Crippen LogP contribution is 2.44. The second kappa shape index (κ2) is 10.3. The van der Waals surface area contributed by atoms with Crippen molar-refractivity contribution >= 4 is 18.0 Å². The summed E-state index contributed by atoms with van der Waals surface area (Å²) in [5.41, 5.74) is 3.49. The number of benzene rings is 2. The smallest absolute Gasteiger partial charge is 0.408 e. The standard InChI is InChI=1S/C27H32N2O5/c1-2-9-18(16-24(30)31)28-25(32)27(14-7-8-15-27)29-26(33)34-17-23-21-12-5-3-10-19(21)20-11-4-6-13-22(20)23/h3-6,10-13,18,23H,2,7-9,14-17H2,1H3,(H,28,32)(H,29,33)(H,30,31). The van der Waals surface area contributed by atoms with Gasteiger partial charge in [-0.15, -0.1) is 0 Å². The number of amides is 2. The first kappa shape index (κ1) is 23.8. The Morgan fingerprint density at radius 2 is 1.62 bits per heavy atom.